The summed E-state index contributed by atoms with van der Waals surface area (Å²) >= 11 is 0. The Kier molecular flexibility index (Phi) is 5.60. The van der Waals surface area contributed by atoms with Gasteiger partial charge in [0.2, 0.25) is 5.91 Å². The van der Waals surface area contributed by atoms with Gasteiger partial charge in [0.1, 0.15) is 0 Å². The third kappa shape index (κ3) is 4.47. The number of aromatic nitrogens is 2. The number of hydrogen-bond donors (Lipinski definition) is 2. The van der Waals surface area contributed by atoms with Gasteiger partial charge in [-0.3, -0.25) is 9.78 Å². The van der Waals surface area contributed by atoms with E-state index in [-0.39, 0.29) is 11.5 Å². The van der Waals surface area contributed by atoms with Gasteiger partial charge in [0.05, 0.1) is 5.56 Å². The lowest BCUT2D eigenvalue weighted by molar-refractivity contribution is -0.130. The van der Waals surface area contributed by atoms with Crippen molar-refractivity contribution in [2.45, 2.75) is 32.1 Å². The first-order valence-corrected chi connectivity index (χ1v) is 10.1. The van der Waals surface area contributed by atoms with Crippen LogP contribution in [0.4, 0.5) is 0 Å². The molecule has 0 spiro atoms. The molecule has 1 atom stereocenters. The van der Waals surface area contributed by atoms with Crippen LogP contribution in [0.15, 0.2) is 48.9 Å². The summed E-state index contributed by atoms with van der Waals surface area (Å²) < 4.78 is 0. The number of likely N-dealkylation sites (tertiary alicyclic amines) is 1. The van der Waals surface area contributed by atoms with Crippen LogP contribution >= 0.6 is 0 Å². The quantitative estimate of drug-likeness (QED) is 0.643. The summed E-state index contributed by atoms with van der Waals surface area (Å²) in [6.07, 6.45) is 9.12. The maximum Gasteiger partial charge on any atom is 0.337 e. The number of aromatic carboxylic acids is 1. The molecule has 0 bridgehead atoms. The number of H-pyrrole nitrogens is 1. The highest BCUT2D eigenvalue weighted by Crippen LogP contribution is 2.23. The number of carboxylic acid groups (broad SMARTS) is 1. The van der Waals surface area contributed by atoms with Gasteiger partial charge in [0, 0.05) is 49.0 Å². The molecular weight excluding hydrogens is 366 g/mol. The molecule has 1 aromatic carbocycles. The Morgan fingerprint density at radius 1 is 1.24 bits per heavy atom. The summed E-state index contributed by atoms with van der Waals surface area (Å²) in [5.74, 6) is -0.388. The molecule has 1 unspecified atom stereocenters. The number of carboxylic acids is 1. The van der Waals surface area contributed by atoms with E-state index in [4.69, 9.17) is 5.11 Å². The molecule has 1 aliphatic heterocycles. The van der Waals surface area contributed by atoms with Crippen molar-refractivity contribution in [2.24, 2.45) is 5.92 Å². The predicted molar refractivity (Wildman–Crippen MR) is 111 cm³/mol. The number of rotatable bonds is 7. The van der Waals surface area contributed by atoms with Crippen molar-refractivity contribution in [2.75, 3.05) is 13.1 Å². The minimum absolute atomic E-state index is 0.213. The Labute approximate surface area is 169 Å². The molecule has 6 heteroatoms. The number of amides is 1. The molecule has 2 N–H and O–H groups in total. The summed E-state index contributed by atoms with van der Waals surface area (Å²) in [6, 6.07) is 9.92. The molecular formula is C23H25N3O3. The van der Waals surface area contributed by atoms with Crippen molar-refractivity contribution >= 4 is 22.8 Å². The molecule has 3 heterocycles. The molecule has 29 heavy (non-hydrogen) atoms. The number of aromatic amines is 1. The number of aryl methyl sites for hydroxylation is 1. The van der Waals surface area contributed by atoms with Gasteiger partial charge in [-0.15, -0.1) is 0 Å². The van der Waals surface area contributed by atoms with Gasteiger partial charge in [0.25, 0.3) is 0 Å². The molecule has 1 amide bonds. The van der Waals surface area contributed by atoms with Crippen molar-refractivity contribution in [3.8, 4) is 0 Å². The number of carbonyl (C=O) groups excluding carboxylic acids is 1. The van der Waals surface area contributed by atoms with Gasteiger partial charge in [-0.25, -0.2) is 4.79 Å². The normalized spacial score (nSPS) is 16.4. The van der Waals surface area contributed by atoms with Gasteiger partial charge < -0.3 is 15.0 Å². The fraction of sp³-hybridized carbons (Fsp3) is 0.348. The second-order valence-corrected chi connectivity index (χ2v) is 7.80. The van der Waals surface area contributed by atoms with Crippen LogP contribution < -0.4 is 0 Å². The number of fused-ring (bicyclic) bond motifs is 1. The first-order valence-electron chi connectivity index (χ1n) is 10.1. The zero-order valence-electron chi connectivity index (χ0n) is 16.3. The third-order valence-electron chi connectivity index (χ3n) is 5.72. The summed E-state index contributed by atoms with van der Waals surface area (Å²) in [5, 5.41) is 10.3. The molecule has 1 saturated heterocycles. The number of pyridine rings is 1. The predicted octanol–water partition coefficient (Wildman–Crippen LogP) is 3.68. The lowest BCUT2D eigenvalue weighted by atomic mass is 9.99. The van der Waals surface area contributed by atoms with Crippen LogP contribution in [-0.2, 0) is 17.6 Å². The smallest absolute Gasteiger partial charge is 0.337 e. The molecule has 1 aliphatic rings. The van der Waals surface area contributed by atoms with Crippen molar-refractivity contribution in [3.05, 3.63) is 65.6 Å². The summed E-state index contributed by atoms with van der Waals surface area (Å²) in [6.45, 7) is 1.52. The summed E-state index contributed by atoms with van der Waals surface area (Å²) in [4.78, 5) is 33.0. The first-order chi connectivity index (χ1) is 14.1. The van der Waals surface area contributed by atoms with Crippen molar-refractivity contribution in [3.63, 3.8) is 0 Å². The lowest BCUT2D eigenvalue weighted by Gasteiger charge is -2.16. The standard InChI is InChI=1S/C23H25N3O3/c27-22(7-3-4-18-14-25-21-6-2-1-5-20(18)21)26-9-8-16(15-26)10-17-11-19(23(28)29)13-24-12-17/h1-2,5-6,11-14,16,25H,3-4,7-10,15H2,(H,28,29). The minimum atomic E-state index is -0.960. The average Bonchev–Trinajstić information content (AvgIpc) is 3.35. The molecule has 4 rings (SSSR count). The maximum absolute atomic E-state index is 12.6. The summed E-state index contributed by atoms with van der Waals surface area (Å²) in [7, 11) is 0. The van der Waals surface area contributed by atoms with Gasteiger partial charge in [-0.1, -0.05) is 18.2 Å². The third-order valence-corrected chi connectivity index (χ3v) is 5.72. The molecule has 0 radical (unpaired) electrons. The van der Waals surface area contributed by atoms with Gasteiger partial charge in [-0.05, 0) is 54.9 Å². The number of nitrogens with zero attached hydrogens (tertiary/aromatic N) is 2. The fourth-order valence-electron chi connectivity index (χ4n) is 4.20. The monoisotopic (exact) mass is 391 g/mol. The fourth-order valence-corrected chi connectivity index (χ4v) is 4.20. The molecule has 0 aliphatic carbocycles. The van der Waals surface area contributed by atoms with E-state index in [0.29, 0.717) is 12.3 Å². The number of carbonyl (C=O) groups is 2. The van der Waals surface area contributed by atoms with Gasteiger partial charge in [-0.2, -0.15) is 0 Å². The van der Waals surface area contributed by atoms with E-state index in [1.54, 1.807) is 12.3 Å². The number of benzene rings is 1. The molecule has 1 fully saturated rings. The Balaban J connectivity index is 1.26. The van der Waals surface area contributed by atoms with Crippen LogP contribution in [0.5, 0.6) is 0 Å². The number of para-hydroxylation sites is 1. The van der Waals surface area contributed by atoms with Crippen molar-refractivity contribution < 1.29 is 14.7 Å². The Hall–Kier alpha value is -3.15. The number of hydrogen-bond acceptors (Lipinski definition) is 3. The SMILES string of the molecule is O=C(O)c1cncc(CC2CCN(C(=O)CCCc3c[nH]c4ccccc34)C2)c1. The Morgan fingerprint density at radius 2 is 2.10 bits per heavy atom. The van der Waals surface area contributed by atoms with Crippen LogP contribution in [0, 0.1) is 5.92 Å². The number of nitrogens with one attached hydrogen (secondary N) is 1. The highest BCUT2D eigenvalue weighted by Gasteiger charge is 2.26. The second kappa shape index (κ2) is 8.47. The highest BCUT2D eigenvalue weighted by molar-refractivity contribution is 5.87. The first kappa shape index (κ1) is 19.2. The molecule has 2 aromatic heterocycles. The second-order valence-electron chi connectivity index (χ2n) is 7.80. The lowest BCUT2D eigenvalue weighted by Crippen LogP contribution is -2.28. The van der Waals surface area contributed by atoms with Gasteiger partial charge in [0.15, 0.2) is 0 Å². The summed E-state index contributed by atoms with van der Waals surface area (Å²) in [5.41, 5.74) is 3.53. The topological polar surface area (TPSA) is 86.3 Å². The molecule has 0 saturated carbocycles. The van der Waals surface area contributed by atoms with E-state index < -0.39 is 5.97 Å². The van der Waals surface area contributed by atoms with Gasteiger partial charge >= 0.3 is 5.97 Å². The van der Waals surface area contributed by atoms with Crippen molar-refractivity contribution in [1.29, 1.82) is 0 Å². The molecule has 3 aromatic rings. The van der Waals surface area contributed by atoms with Crippen LogP contribution in [0.3, 0.4) is 0 Å². The van der Waals surface area contributed by atoms with Crippen LogP contribution in [-0.4, -0.2) is 44.9 Å². The zero-order chi connectivity index (χ0) is 20.2. The van der Waals surface area contributed by atoms with Crippen LogP contribution in [0.25, 0.3) is 10.9 Å². The van der Waals surface area contributed by atoms with E-state index in [2.05, 4.69) is 22.1 Å². The zero-order valence-corrected chi connectivity index (χ0v) is 16.3. The molecule has 6 nitrogen and oxygen atoms in total. The average molecular weight is 391 g/mol. The van der Waals surface area contributed by atoms with E-state index in [9.17, 15) is 9.59 Å². The van der Waals surface area contributed by atoms with Crippen LogP contribution in [0.2, 0.25) is 0 Å². The van der Waals surface area contributed by atoms with E-state index in [1.807, 2.05) is 23.2 Å². The Morgan fingerprint density at radius 3 is 2.97 bits per heavy atom. The molecule has 150 valence electrons. The Bertz CT molecular complexity index is 1030. The van der Waals surface area contributed by atoms with E-state index in [1.165, 1.54) is 17.1 Å². The van der Waals surface area contributed by atoms with E-state index in [0.717, 1.165) is 49.9 Å². The van der Waals surface area contributed by atoms with E-state index >= 15 is 0 Å². The van der Waals surface area contributed by atoms with Crippen molar-refractivity contribution in [1.82, 2.24) is 14.9 Å². The largest absolute Gasteiger partial charge is 0.478 e. The minimum Gasteiger partial charge on any atom is -0.478 e. The highest BCUT2D eigenvalue weighted by atomic mass is 16.4. The maximum atomic E-state index is 12.6. The van der Waals surface area contributed by atoms with Crippen LogP contribution in [0.1, 0.15) is 40.7 Å².